The van der Waals surface area contributed by atoms with Gasteiger partial charge in [-0.05, 0) is 30.8 Å². The summed E-state index contributed by atoms with van der Waals surface area (Å²) in [7, 11) is 0. The van der Waals surface area contributed by atoms with Gasteiger partial charge in [0.15, 0.2) is 0 Å². The molecule has 0 aromatic carbocycles. The molecular formula is C27H70N2OS2. The van der Waals surface area contributed by atoms with Crippen LogP contribution in [0.5, 0.6) is 0 Å². The fraction of sp³-hybridized carbons (Fsp3) is 1.00. The summed E-state index contributed by atoms with van der Waals surface area (Å²) in [5.74, 6) is 7.10. The molecule has 0 aliphatic carbocycles. The van der Waals surface area contributed by atoms with E-state index >= 15 is 0 Å². The fourth-order valence-electron chi connectivity index (χ4n) is 2.79. The van der Waals surface area contributed by atoms with E-state index in [4.69, 9.17) is 5.84 Å². The SMILES string of the molecule is C.CC.CCCCCCCC.CCCCCCCCCCCS.NNCCCCCS.O.[HH]. The van der Waals surface area contributed by atoms with Crippen molar-refractivity contribution in [2.24, 2.45) is 5.84 Å². The Bertz CT molecular complexity index is 196. The molecule has 0 bridgehead atoms. The van der Waals surface area contributed by atoms with Crippen molar-refractivity contribution in [3.63, 3.8) is 0 Å². The minimum atomic E-state index is 0. The summed E-state index contributed by atoms with van der Waals surface area (Å²) in [6.07, 6.45) is 24.8. The average molecular weight is 503 g/mol. The Morgan fingerprint density at radius 1 is 0.531 bits per heavy atom. The van der Waals surface area contributed by atoms with Crippen LogP contribution in [0.2, 0.25) is 0 Å². The molecule has 0 rings (SSSR count). The normalized spacial score (nSPS) is 9.00. The first kappa shape index (κ1) is 46.0. The molecule has 3 nitrogen and oxygen atoms in total. The second kappa shape index (κ2) is 57.9. The van der Waals surface area contributed by atoms with E-state index in [1.165, 1.54) is 109 Å². The van der Waals surface area contributed by atoms with Crippen LogP contribution in [0, 0.1) is 0 Å². The highest BCUT2D eigenvalue weighted by Crippen LogP contribution is 2.09. The number of thiol groups is 2. The van der Waals surface area contributed by atoms with E-state index in [-0.39, 0.29) is 14.3 Å². The third-order valence-corrected chi connectivity index (χ3v) is 5.33. The van der Waals surface area contributed by atoms with Crippen molar-refractivity contribution in [3.05, 3.63) is 0 Å². The summed E-state index contributed by atoms with van der Waals surface area (Å²) >= 11 is 8.26. The molecule has 0 aliphatic heterocycles. The lowest BCUT2D eigenvalue weighted by Crippen LogP contribution is -2.22. The summed E-state index contributed by atoms with van der Waals surface area (Å²) in [4.78, 5) is 0. The van der Waals surface area contributed by atoms with E-state index in [2.05, 4.69) is 51.5 Å². The monoisotopic (exact) mass is 502 g/mol. The molecule has 0 aromatic rings. The van der Waals surface area contributed by atoms with Crippen LogP contribution in [0.25, 0.3) is 0 Å². The first-order valence-corrected chi connectivity index (χ1v) is 14.7. The molecule has 0 saturated heterocycles. The van der Waals surface area contributed by atoms with Crippen molar-refractivity contribution >= 4 is 25.3 Å². The number of unbranched alkanes of at least 4 members (excludes halogenated alkanes) is 15. The zero-order valence-electron chi connectivity index (χ0n) is 22.3. The van der Waals surface area contributed by atoms with Gasteiger partial charge in [-0.15, -0.1) is 0 Å². The summed E-state index contributed by atoms with van der Waals surface area (Å²) in [5, 5.41) is 0. The van der Waals surface area contributed by atoms with Crippen LogP contribution in [0.1, 0.15) is 159 Å². The molecule has 32 heavy (non-hydrogen) atoms. The quantitative estimate of drug-likeness (QED) is 0.0614. The van der Waals surface area contributed by atoms with Gasteiger partial charge in [0.2, 0.25) is 0 Å². The lowest BCUT2D eigenvalue weighted by atomic mass is 10.1. The first-order valence-electron chi connectivity index (χ1n) is 13.4. The van der Waals surface area contributed by atoms with E-state index in [9.17, 15) is 0 Å². The highest BCUT2D eigenvalue weighted by molar-refractivity contribution is 7.80. The van der Waals surface area contributed by atoms with Crippen LogP contribution < -0.4 is 11.3 Å². The number of nitrogens with two attached hydrogens (primary N) is 1. The number of hydrazine groups is 1. The van der Waals surface area contributed by atoms with E-state index in [1.807, 2.05) is 13.8 Å². The molecule has 0 saturated carbocycles. The van der Waals surface area contributed by atoms with Crippen LogP contribution in [0.15, 0.2) is 0 Å². The smallest absolute Gasteiger partial charge is 0.00974 e. The van der Waals surface area contributed by atoms with Gasteiger partial charge in [0.1, 0.15) is 0 Å². The minimum absolute atomic E-state index is 0. The molecule has 0 amide bonds. The Morgan fingerprint density at radius 2 is 0.781 bits per heavy atom. The fourth-order valence-corrected chi connectivity index (χ4v) is 3.24. The zero-order valence-corrected chi connectivity index (χ0v) is 24.1. The Balaban J connectivity index is -0.0000000580. The Morgan fingerprint density at radius 3 is 1.03 bits per heavy atom. The van der Waals surface area contributed by atoms with Gasteiger partial charge >= 0.3 is 0 Å². The Kier molecular flexibility index (Phi) is 83.2. The van der Waals surface area contributed by atoms with Gasteiger partial charge in [-0.3, -0.25) is 11.3 Å². The lowest BCUT2D eigenvalue weighted by Gasteiger charge is -1.99. The molecule has 5 N–H and O–H groups in total. The lowest BCUT2D eigenvalue weighted by molar-refractivity contribution is 0.573. The highest BCUT2D eigenvalue weighted by atomic mass is 32.1. The highest BCUT2D eigenvalue weighted by Gasteiger charge is 1.90. The third-order valence-electron chi connectivity index (χ3n) is 4.70. The van der Waals surface area contributed by atoms with Gasteiger partial charge in [-0.25, -0.2) is 0 Å². The maximum absolute atomic E-state index is 5.04. The molecule has 0 radical (unpaired) electrons. The molecule has 0 fully saturated rings. The van der Waals surface area contributed by atoms with E-state index < -0.39 is 0 Å². The Labute approximate surface area is 218 Å². The maximum atomic E-state index is 5.04. The summed E-state index contributed by atoms with van der Waals surface area (Å²) in [6.45, 7) is 11.7. The molecule has 0 heterocycles. The number of hydrogen-bond donors (Lipinski definition) is 4. The largest absolute Gasteiger partial charge is 0.412 e. The van der Waals surface area contributed by atoms with Crippen LogP contribution >= 0.6 is 25.3 Å². The molecule has 206 valence electrons. The maximum Gasteiger partial charge on any atom is 0.00974 e. The number of rotatable bonds is 19. The summed E-state index contributed by atoms with van der Waals surface area (Å²) in [5.41, 5.74) is 2.60. The molecule has 0 spiro atoms. The molecular weight excluding hydrogens is 432 g/mol. The number of hydrogen-bond acceptors (Lipinski definition) is 4. The zero-order chi connectivity index (χ0) is 23.6. The third kappa shape index (κ3) is 69.8. The summed E-state index contributed by atoms with van der Waals surface area (Å²) in [6, 6.07) is 0. The van der Waals surface area contributed by atoms with E-state index in [0.29, 0.717) is 0 Å². The van der Waals surface area contributed by atoms with Crippen LogP contribution in [0.4, 0.5) is 0 Å². The van der Waals surface area contributed by atoms with Crippen molar-refractivity contribution in [2.45, 2.75) is 158 Å². The van der Waals surface area contributed by atoms with Gasteiger partial charge < -0.3 is 5.48 Å². The average Bonchev–Trinajstić information content (AvgIpc) is 2.79. The van der Waals surface area contributed by atoms with E-state index in [1.54, 1.807) is 0 Å². The Hall–Kier alpha value is 0.580. The number of nitrogens with one attached hydrogen (secondary N) is 1. The van der Waals surface area contributed by atoms with Gasteiger partial charge in [0, 0.05) is 7.97 Å². The first-order chi connectivity index (χ1) is 14.7. The van der Waals surface area contributed by atoms with Crippen LogP contribution in [0.3, 0.4) is 0 Å². The topological polar surface area (TPSA) is 69.5 Å². The minimum Gasteiger partial charge on any atom is -0.412 e. The van der Waals surface area contributed by atoms with Gasteiger partial charge in [-0.2, -0.15) is 25.3 Å². The van der Waals surface area contributed by atoms with Crippen LogP contribution in [-0.4, -0.2) is 23.5 Å². The van der Waals surface area contributed by atoms with Gasteiger partial charge in [-0.1, -0.05) is 138 Å². The predicted octanol–water partition coefficient (Wildman–Crippen LogP) is 9.45. The van der Waals surface area contributed by atoms with Crippen molar-refractivity contribution < 1.29 is 6.90 Å². The second-order valence-electron chi connectivity index (χ2n) is 7.70. The van der Waals surface area contributed by atoms with Crippen LogP contribution in [-0.2, 0) is 0 Å². The molecule has 0 unspecified atom stereocenters. The second-order valence-corrected chi connectivity index (χ2v) is 8.60. The molecule has 5 heteroatoms. The molecule has 0 atom stereocenters. The van der Waals surface area contributed by atoms with E-state index in [0.717, 1.165) is 24.5 Å². The van der Waals surface area contributed by atoms with Crippen molar-refractivity contribution in [2.75, 3.05) is 18.1 Å². The van der Waals surface area contributed by atoms with Gasteiger partial charge in [0.25, 0.3) is 0 Å². The van der Waals surface area contributed by atoms with Crippen molar-refractivity contribution in [1.82, 2.24) is 5.43 Å². The molecule has 0 aliphatic rings. The van der Waals surface area contributed by atoms with Gasteiger partial charge in [0.05, 0.1) is 0 Å². The standard InChI is InChI=1S/C11H24S.C8H18.C5H14N2S.C2H6.CH4.H2O.H2/c1-2-3-4-5-6-7-8-9-10-11-12;1-3-5-7-8-6-4-2;6-7-4-2-1-3-5-8;1-2;;;/h12H,2-11H2,1H3;3-8H2,1-2H3;7-8H,1-6H2;1-2H3;1H4;1H2;1H. The summed E-state index contributed by atoms with van der Waals surface area (Å²) < 4.78 is 0. The predicted molar refractivity (Wildman–Crippen MR) is 164 cm³/mol. The van der Waals surface area contributed by atoms with Crippen molar-refractivity contribution in [3.8, 4) is 0 Å². The van der Waals surface area contributed by atoms with Crippen molar-refractivity contribution in [1.29, 1.82) is 0 Å². The molecule has 0 aromatic heterocycles.